The van der Waals surface area contributed by atoms with E-state index in [1.165, 1.54) is 44.3 Å². The number of anilines is 1. The lowest BCUT2D eigenvalue weighted by molar-refractivity contribution is -0.123. The predicted molar refractivity (Wildman–Crippen MR) is 108 cm³/mol. The van der Waals surface area contributed by atoms with E-state index in [1.807, 2.05) is 0 Å². The fraction of sp³-hybridized carbons (Fsp3) is 0.176. The molecule has 0 fully saturated rings. The molecule has 1 atom stereocenters. The number of esters is 1. The number of amides is 1. The van der Waals surface area contributed by atoms with Gasteiger partial charge in [0.25, 0.3) is 5.91 Å². The second kappa shape index (κ2) is 9.11. The van der Waals surface area contributed by atoms with Gasteiger partial charge in [-0.05, 0) is 44.3 Å². The second-order valence-electron chi connectivity index (χ2n) is 5.52. The molecule has 0 saturated heterocycles. The van der Waals surface area contributed by atoms with Gasteiger partial charge in [0.05, 0.1) is 31.2 Å². The molecule has 0 unspecified atom stereocenters. The van der Waals surface area contributed by atoms with Gasteiger partial charge in [0.15, 0.2) is 6.10 Å². The Morgan fingerprint density at radius 2 is 1.68 bits per heavy atom. The van der Waals surface area contributed by atoms with Crippen LogP contribution in [0.2, 0.25) is 15.1 Å². The summed E-state index contributed by atoms with van der Waals surface area (Å²) < 4.78 is 30.9. The summed E-state index contributed by atoms with van der Waals surface area (Å²) in [7, 11) is -2.48. The van der Waals surface area contributed by atoms with Crippen molar-refractivity contribution in [3.8, 4) is 0 Å². The van der Waals surface area contributed by atoms with Crippen molar-refractivity contribution in [1.82, 2.24) is 4.72 Å². The number of ether oxygens (including phenoxy) is 1. The third-order valence-electron chi connectivity index (χ3n) is 3.57. The molecule has 0 aliphatic carbocycles. The molecule has 2 rings (SSSR count). The van der Waals surface area contributed by atoms with E-state index < -0.39 is 28.0 Å². The lowest BCUT2D eigenvalue weighted by Crippen LogP contribution is -2.30. The van der Waals surface area contributed by atoms with Crippen LogP contribution in [0.15, 0.2) is 41.3 Å². The highest BCUT2D eigenvalue weighted by molar-refractivity contribution is 7.89. The van der Waals surface area contributed by atoms with Crippen molar-refractivity contribution in [2.75, 3.05) is 12.4 Å². The summed E-state index contributed by atoms with van der Waals surface area (Å²) in [5.41, 5.74) is 0.176. The number of sulfonamides is 1. The molecule has 2 N–H and O–H groups in total. The topological polar surface area (TPSA) is 102 Å². The number of hydrogen-bond acceptors (Lipinski definition) is 5. The molecule has 2 aromatic carbocycles. The van der Waals surface area contributed by atoms with Crippen molar-refractivity contribution in [3.63, 3.8) is 0 Å². The van der Waals surface area contributed by atoms with Crippen molar-refractivity contribution in [3.05, 3.63) is 57.0 Å². The number of hydrogen-bond donors (Lipinski definition) is 2. The van der Waals surface area contributed by atoms with Crippen LogP contribution < -0.4 is 10.0 Å². The average molecular weight is 466 g/mol. The molecule has 7 nitrogen and oxygen atoms in total. The van der Waals surface area contributed by atoms with Crippen molar-refractivity contribution in [2.45, 2.75) is 17.9 Å². The zero-order chi connectivity index (χ0) is 21.1. The summed E-state index contributed by atoms with van der Waals surface area (Å²) in [6.07, 6.45) is -1.19. The third kappa shape index (κ3) is 5.36. The molecule has 1 amide bonds. The maximum Gasteiger partial charge on any atom is 0.338 e. The van der Waals surface area contributed by atoms with Gasteiger partial charge >= 0.3 is 5.97 Å². The number of halogens is 3. The van der Waals surface area contributed by atoms with E-state index in [1.54, 1.807) is 0 Å². The summed E-state index contributed by atoms with van der Waals surface area (Å²) in [4.78, 5) is 24.4. The quantitative estimate of drug-likeness (QED) is 0.500. The summed E-state index contributed by atoms with van der Waals surface area (Å²) in [5, 5.41) is 3.05. The Hall–Kier alpha value is -1.84. The Bertz CT molecular complexity index is 1030. The van der Waals surface area contributed by atoms with Crippen LogP contribution in [0.5, 0.6) is 0 Å². The average Bonchev–Trinajstić information content (AvgIpc) is 2.66. The van der Waals surface area contributed by atoms with Crippen LogP contribution in [0.1, 0.15) is 17.3 Å². The van der Waals surface area contributed by atoms with Crippen molar-refractivity contribution < 1.29 is 22.7 Å². The van der Waals surface area contributed by atoms with E-state index >= 15 is 0 Å². The van der Waals surface area contributed by atoms with Crippen LogP contribution in [-0.2, 0) is 19.6 Å². The molecular formula is C17H15Cl3N2O5S. The Kier molecular flexibility index (Phi) is 7.30. The maximum absolute atomic E-state index is 12.3. The van der Waals surface area contributed by atoms with Crippen LogP contribution >= 0.6 is 34.8 Å². The van der Waals surface area contributed by atoms with Gasteiger partial charge in [-0.25, -0.2) is 17.9 Å². The van der Waals surface area contributed by atoms with E-state index in [9.17, 15) is 18.0 Å². The van der Waals surface area contributed by atoms with Crippen molar-refractivity contribution >= 4 is 62.4 Å². The van der Waals surface area contributed by atoms with E-state index in [0.717, 1.165) is 6.07 Å². The zero-order valence-corrected chi connectivity index (χ0v) is 17.7. The van der Waals surface area contributed by atoms with Crippen LogP contribution in [0.4, 0.5) is 5.69 Å². The fourth-order valence-electron chi connectivity index (χ4n) is 2.04. The first kappa shape index (κ1) is 22.4. The fourth-order valence-corrected chi connectivity index (χ4v) is 3.41. The van der Waals surface area contributed by atoms with Gasteiger partial charge in [0, 0.05) is 0 Å². The molecule has 11 heteroatoms. The minimum atomic E-state index is -3.73. The first-order chi connectivity index (χ1) is 13.0. The number of rotatable bonds is 6. The molecule has 0 spiro atoms. The number of benzene rings is 2. The molecule has 0 aliphatic heterocycles. The van der Waals surface area contributed by atoms with E-state index in [2.05, 4.69) is 10.0 Å². The first-order valence-corrected chi connectivity index (χ1v) is 10.4. The van der Waals surface area contributed by atoms with E-state index in [4.69, 9.17) is 39.5 Å². The Labute approximate surface area is 177 Å². The zero-order valence-electron chi connectivity index (χ0n) is 14.6. The smallest absolute Gasteiger partial charge is 0.338 e. The van der Waals surface area contributed by atoms with Crippen molar-refractivity contribution in [2.24, 2.45) is 0 Å². The monoisotopic (exact) mass is 464 g/mol. The summed E-state index contributed by atoms with van der Waals surface area (Å²) in [6.45, 7) is 1.35. The highest BCUT2D eigenvalue weighted by Gasteiger charge is 2.21. The highest BCUT2D eigenvalue weighted by atomic mass is 35.5. The SMILES string of the molecule is CNS(=O)(=O)c1cccc(C(=O)O[C@@H](C)C(=O)Nc2cc(Cl)c(Cl)cc2Cl)c1. The number of carbonyl (C=O) groups excluding carboxylic acids is 2. The Morgan fingerprint density at radius 1 is 1.04 bits per heavy atom. The largest absolute Gasteiger partial charge is 0.449 e. The molecule has 0 aromatic heterocycles. The molecule has 0 bridgehead atoms. The molecule has 0 heterocycles. The van der Waals surface area contributed by atoms with Crippen molar-refractivity contribution in [1.29, 1.82) is 0 Å². The Balaban J connectivity index is 2.11. The number of carbonyl (C=O) groups is 2. The molecule has 150 valence electrons. The maximum atomic E-state index is 12.3. The van der Waals surface area contributed by atoms with Gasteiger partial charge < -0.3 is 10.1 Å². The molecular weight excluding hydrogens is 451 g/mol. The van der Waals surface area contributed by atoms with Crippen LogP contribution in [-0.4, -0.2) is 33.4 Å². The lowest BCUT2D eigenvalue weighted by Gasteiger charge is -2.15. The molecule has 0 aliphatic rings. The standard InChI is InChI=1S/C17H15Cl3N2O5S/c1-9(16(23)22-15-8-13(19)12(18)7-14(15)20)27-17(24)10-4-3-5-11(6-10)28(25,26)21-2/h3-9,21H,1-2H3,(H,22,23)/t9-/m0/s1. The highest BCUT2D eigenvalue weighted by Crippen LogP contribution is 2.32. The molecule has 2 aromatic rings. The minimum absolute atomic E-state index is 0.0245. The summed E-state index contributed by atoms with van der Waals surface area (Å²) in [6, 6.07) is 7.97. The molecule has 28 heavy (non-hydrogen) atoms. The third-order valence-corrected chi connectivity index (χ3v) is 6.02. The van der Waals surface area contributed by atoms with Crippen LogP contribution in [0.25, 0.3) is 0 Å². The number of nitrogens with one attached hydrogen (secondary N) is 2. The second-order valence-corrected chi connectivity index (χ2v) is 8.63. The van der Waals surface area contributed by atoms with Gasteiger partial charge in [0.1, 0.15) is 0 Å². The Morgan fingerprint density at radius 3 is 2.32 bits per heavy atom. The van der Waals surface area contributed by atoms with E-state index in [0.29, 0.717) is 0 Å². The predicted octanol–water partition coefficient (Wildman–Crippen LogP) is 3.74. The molecule has 0 radical (unpaired) electrons. The molecule has 0 saturated carbocycles. The van der Waals surface area contributed by atoms with Gasteiger partial charge in [-0.3, -0.25) is 4.79 Å². The van der Waals surface area contributed by atoms with Gasteiger partial charge in [-0.2, -0.15) is 0 Å². The van der Waals surface area contributed by atoms with Crippen LogP contribution in [0, 0.1) is 0 Å². The first-order valence-electron chi connectivity index (χ1n) is 7.75. The van der Waals surface area contributed by atoms with Crippen LogP contribution in [0.3, 0.4) is 0 Å². The summed E-state index contributed by atoms with van der Waals surface area (Å²) in [5.74, 6) is -1.52. The van der Waals surface area contributed by atoms with Gasteiger partial charge in [-0.15, -0.1) is 0 Å². The minimum Gasteiger partial charge on any atom is -0.449 e. The lowest BCUT2D eigenvalue weighted by atomic mass is 10.2. The normalized spacial score (nSPS) is 12.3. The van der Waals surface area contributed by atoms with Gasteiger partial charge in [0.2, 0.25) is 10.0 Å². The summed E-state index contributed by atoms with van der Waals surface area (Å²) >= 11 is 17.7. The van der Waals surface area contributed by atoms with E-state index in [-0.39, 0.29) is 31.2 Å². The van der Waals surface area contributed by atoms with Gasteiger partial charge in [-0.1, -0.05) is 40.9 Å².